The second-order valence-corrected chi connectivity index (χ2v) is 16.6. The molecule has 7 N–H and O–H groups in total. The Morgan fingerprint density at radius 2 is 1.24 bits per heavy atom. The summed E-state index contributed by atoms with van der Waals surface area (Å²) in [6.07, 6.45) is 3.36. The second-order valence-electron chi connectivity index (χ2n) is 14.4. The van der Waals surface area contributed by atoms with Crippen LogP contribution in [0, 0.1) is 0 Å². The largest absolute Gasteiger partial charge is 0.482 e. The minimum absolute atomic E-state index is 0. The summed E-state index contributed by atoms with van der Waals surface area (Å²) in [4.78, 5) is 101. The van der Waals surface area contributed by atoms with Gasteiger partial charge in [-0.3, -0.25) is 28.8 Å². The fourth-order valence-corrected chi connectivity index (χ4v) is 9.75. The van der Waals surface area contributed by atoms with Crippen LogP contribution in [0.5, 0.6) is 11.5 Å². The molecule has 7 aromatic rings. The van der Waals surface area contributed by atoms with Gasteiger partial charge in [0.2, 0.25) is 17.6 Å². The van der Waals surface area contributed by atoms with Gasteiger partial charge in [0.1, 0.15) is 21.2 Å². The number of amides is 4. The van der Waals surface area contributed by atoms with Crippen molar-refractivity contribution < 1.29 is 28.7 Å². The highest BCUT2D eigenvalue weighted by Crippen LogP contribution is 2.36. The first-order valence-electron chi connectivity index (χ1n) is 19.1. The number of aromatic nitrogens is 6. The van der Waals surface area contributed by atoms with E-state index in [9.17, 15) is 28.8 Å². The Morgan fingerprint density at radius 1 is 0.698 bits per heavy atom. The Balaban J connectivity index is 0.000000160. The van der Waals surface area contributed by atoms with Gasteiger partial charge in [0, 0.05) is 60.4 Å². The quantitative estimate of drug-likeness (QED) is 0.121. The van der Waals surface area contributed by atoms with Crippen molar-refractivity contribution in [3.05, 3.63) is 119 Å². The summed E-state index contributed by atoms with van der Waals surface area (Å²) in [5, 5.41) is 15.2. The number of hydrogen-bond acceptors (Lipinski definition) is 16. The number of hydrogen-bond donors (Lipinski definition) is 7. The summed E-state index contributed by atoms with van der Waals surface area (Å²) in [6, 6.07) is 12.3. The van der Waals surface area contributed by atoms with Crippen molar-refractivity contribution >= 4 is 101 Å². The zero-order chi connectivity index (χ0) is 42.5. The molecule has 0 fully saturated rings. The molecule has 23 heteroatoms. The molecular formula is C40H33BrN12O8S2. The van der Waals surface area contributed by atoms with Crippen molar-refractivity contribution in [3.63, 3.8) is 0 Å². The van der Waals surface area contributed by atoms with Crippen molar-refractivity contribution in [3.8, 4) is 11.5 Å². The van der Waals surface area contributed by atoms with E-state index in [0.29, 0.717) is 68.9 Å². The van der Waals surface area contributed by atoms with E-state index in [0.717, 1.165) is 38.6 Å². The molecule has 0 aliphatic carbocycles. The molecule has 5 aromatic heterocycles. The Kier molecular flexibility index (Phi) is 11.1. The number of ether oxygens (including phenoxy) is 2. The monoisotopic (exact) mass is 952 g/mol. The first kappa shape index (κ1) is 41.3. The number of benzene rings is 2. The smallest absolute Gasteiger partial charge is 0.287 e. The lowest BCUT2D eigenvalue weighted by atomic mass is 10.1. The van der Waals surface area contributed by atoms with Crippen LogP contribution in [0.2, 0.25) is 0 Å². The van der Waals surface area contributed by atoms with Gasteiger partial charge in [0.15, 0.2) is 13.2 Å². The van der Waals surface area contributed by atoms with Crippen LogP contribution in [0.25, 0.3) is 20.4 Å². The maximum absolute atomic E-state index is 12.9. The number of rotatable bonds is 7. The fourth-order valence-electron chi connectivity index (χ4n) is 7.39. The standard InChI is InChI=1S/C22H17N7O4S.C18H15N5O4S.BrH/c30-16-10-33-14-3-2-11(6-13(14)26-16)7-25-20(32)18-27-19(31)17-12-8-29(22-23-4-1-5-24-22)9-15(12)34-21(17)28-18;24-13-7-27-11-2-1-8(3-10(11)21-13)4-20-17(26)15-22-16(25)14-9-5-19-6-12(9)28-18(14)23-15;/h1-6H,7-10H2,(H,25,32)(H,26,30)(H,27,28,31);1-3,19H,4-7H2,(H,20,26)(H,21,24)(H,22,23,25);1H. The third-order valence-electron chi connectivity index (χ3n) is 10.3. The number of anilines is 3. The van der Waals surface area contributed by atoms with Gasteiger partial charge in [-0.25, -0.2) is 19.9 Å². The van der Waals surface area contributed by atoms with Crippen LogP contribution in [0.3, 0.4) is 0 Å². The van der Waals surface area contributed by atoms with Crippen molar-refractivity contribution in [2.45, 2.75) is 39.3 Å². The van der Waals surface area contributed by atoms with Gasteiger partial charge in [0.05, 0.1) is 28.7 Å². The van der Waals surface area contributed by atoms with E-state index < -0.39 is 11.8 Å². The molecule has 9 heterocycles. The molecule has 20 nitrogen and oxygen atoms in total. The van der Waals surface area contributed by atoms with Crippen molar-refractivity contribution in [1.29, 1.82) is 0 Å². The molecule has 0 bridgehead atoms. The molecule has 63 heavy (non-hydrogen) atoms. The number of aromatic amines is 2. The summed E-state index contributed by atoms with van der Waals surface area (Å²) in [5.74, 6) is 0.296. The van der Waals surface area contributed by atoms with Crippen LogP contribution in [0.1, 0.15) is 53.2 Å². The van der Waals surface area contributed by atoms with E-state index in [-0.39, 0.29) is 77.9 Å². The van der Waals surface area contributed by atoms with E-state index in [1.54, 1.807) is 54.9 Å². The molecule has 0 atom stereocenters. The highest BCUT2D eigenvalue weighted by Gasteiger charge is 2.29. The molecule has 0 radical (unpaired) electrons. The fraction of sp³-hybridized carbons (Fsp3) is 0.200. The molecule has 2 aromatic carbocycles. The average molecular weight is 954 g/mol. The summed E-state index contributed by atoms with van der Waals surface area (Å²) < 4.78 is 10.7. The van der Waals surface area contributed by atoms with Crippen LogP contribution in [-0.4, -0.2) is 66.7 Å². The highest BCUT2D eigenvalue weighted by atomic mass is 79.9. The second kappa shape index (κ2) is 17.0. The van der Waals surface area contributed by atoms with Gasteiger partial charge in [-0.15, -0.1) is 39.7 Å². The first-order valence-corrected chi connectivity index (χ1v) is 20.8. The number of nitrogens with one attached hydrogen (secondary N) is 7. The lowest BCUT2D eigenvalue weighted by molar-refractivity contribution is -0.119. The van der Waals surface area contributed by atoms with Gasteiger partial charge in [-0.2, -0.15) is 0 Å². The van der Waals surface area contributed by atoms with Crippen molar-refractivity contribution in [1.82, 2.24) is 45.9 Å². The first-order chi connectivity index (χ1) is 30.1. The maximum atomic E-state index is 12.9. The Bertz CT molecular complexity index is 3130. The van der Waals surface area contributed by atoms with Gasteiger partial charge in [0.25, 0.3) is 34.7 Å². The minimum Gasteiger partial charge on any atom is -0.482 e. The normalized spacial score (nSPS) is 14.4. The third-order valence-corrected chi connectivity index (χ3v) is 12.5. The van der Waals surface area contributed by atoms with Crippen LogP contribution in [0.4, 0.5) is 17.3 Å². The predicted molar refractivity (Wildman–Crippen MR) is 237 cm³/mol. The number of nitrogens with zero attached hydrogens (tertiary/aromatic N) is 5. The molecule has 0 unspecified atom stereocenters. The Morgan fingerprint density at radius 3 is 1.81 bits per heavy atom. The highest BCUT2D eigenvalue weighted by molar-refractivity contribution is 8.93. The summed E-state index contributed by atoms with van der Waals surface area (Å²) in [7, 11) is 0. The summed E-state index contributed by atoms with van der Waals surface area (Å²) in [6.45, 7) is 2.83. The molecule has 11 rings (SSSR count). The predicted octanol–water partition coefficient (Wildman–Crippen LogP) is 2.98. The number of carbonyl (C=O) groups is 4. The van der Waals surface area contributed by atoms with Gasteiger partial charge in [-0.05, 0) is 47.0 Å². The van der Waals surface area contributed by atoms with E-state index >= 15 is 0 Å². The van der Waals surface area contributed by atoms with Crippen LogP contribution >= 0.6 is 39.7 Å². The molecule has 4 aliphatic rings. The zero-order valence-corrected chi connectivity index (χ0v) is 35.9. The van der Waals surface area contributed by atoms with Crippen molar-refractivity contribution in [2.24, 2.45) is 0 Å². The molecule has 4 aliphatic heterocycles. The minimum atomic E-state index is -0.495. The molecule has 0 saturated heterocycles. The lowest BCUT2D eigenvalue weighted by Gasteiger charge is -2.18. The molecular weight excluding hydrogens is 921 g/mol. The SMILES string of the molecule is Br.O=C1COc2ccc(CNC(=O)c3nc4sc5c(c4c(=O)[nH]3)CN(c3ncccn3)C5)cc2N1.O=C1COc2ccc(CNC(=O)c3nc4sc5c(c4c(=O)[nH]3)CNC5)cc2N1. The number of halogens is 1. The average Bonchev–Trinajstić information content (AvgIpc) is 4.06. The number of fused-ring (bicyclic) bond motifs is 8. The third kappa shape index (κ3) is 8.20. The maximum Gasteiger partial charge on any atom is 0.287 e. The van der Waals surface area contributed by atoms with Crippen LogP contribution in [0.15, 0.2) is 64.4 Å². The molecule has 0 spiro atoms. The van der Waals surface area contributed by atoms with E-state index in [1.807, 2.05) is 4.90 Å². The molecule has 0 saturated carbocycles. The van der Waals surface area contributed by atoms with Gasteiger partial charge < -0.3 is 50.9 Å². The van der Waals surface area contributed by atoms with E-state index in [2.05, 4.69) is 56.5 Å². The molecule has 4 amide bonds. The van der Waals surface area contributed by atoms with Crippen LogP contribution in [-0.2, 0) is 48.9 Å². The summed E-state index contributed by atoms with van der Waals surface area (Å²) in [5.41, 5.74) is 3.88. The lowest BCUT2D eigenvalue weighted by Crippen LogP contribution is -2.28. The molecule has 320 valence electrons. The van der Waals surface area contributed by atoms with Crippen LogP contribution < -0.4 is 52.1 Å². The number of thiophene rings is 2. The van der Waals surface area contributed by atoms with Gasteiger partial charge >= 0.3 is 0 Å². The Labute approximate surface area is 372 Å². The van der Waals surface area contributed by atoms with Crippen molar-refractivity contribution in [2.75, 3.05) is 28.7 Å². The van der Waals surface area contributed by atoms with E-state index in [4.69, 9.17) is 9.47 Å². The Hall–Kier alpha value is -7.08. The zero-order valence-electron chi connectivity index (χ0n) is 32.6. The topological polar surface area (TPSA) is 267 Å². The van der Waals surface area contributed by atoms with Gasteiger partial charge in [-0.1, -0.05) is 12.1 Å². The summed E-state index contributed by atoms with van der Waals surface area (Å²) >= 11 is 2.83. The number of carbonyl (C=O) groups excluding carboxylic acids is 4. The van der Waals surface area contributed by atoms with E-state index in [1.165, 1.54) is 22.7 Å². The number of H-pyrrole nitrogens is 2.